The van der Waals surface area contributed by atoms with Crippen molar-refractivity contribution in [2.24, 2.45) is 14.1 Å². The minimum absolute atomic E-state index is 0.00444. The Morgan fingerprint density at radius 3 is 2.62 bits per heavy atom. The number of carbonyl (C=O) groups is 1. The maximum absolute atomic E-state index is 12.9. The van der Waals surface area contributed by atoms with Crippen LogP contribution in [0.15, 0.2) is 33.9 Å². The van der Waals surface area contributed by atoms with Crippen LogP contribution in [0.1, 0.15) is 16.1 Å². The first-order valence-corrected chi connectivity index (χ1v) is 7.88. The van der Waals surface area contributed by atoms with E-state index in [0.29, 0.717) is 22.6 Å². The number of rotatable bonds is 2. The molecule has 0 fully saturated rings. The summed E-state index contributed by atoms with van der Waals surface area (Å²) in [6.07, 6.45) is 0. The number of aromatic nitrogens is 3. The van der Waals surface area contributed by atoms with Crippen LogP contribution < -0.4 is 16.0 Å². The van der Waals surface area contributed by atoms with Crippen molar-refractivity contribution in [2.75, 3.05) is 7.11 Å². The van der Waals surface area contributed by atoms with E-state index in [2.05, 4.69) is 4.98 Å². The van der Waals surface area contributed by atoms with Crippen molar-refractivity contribution < 1.29 is 14.3 Å². The zero-order chi connectivity index (χ0) is 18.6. The second-order valence-electron chi connectivity index (χ2n) is 6.02. The number of benzene rings is 1. The number of methoxy groups -OCH3 is 1. The van der Waals surface area contributed by atoms with Gasteiger partial charge < -0.3 is 9.47 Å². The molecule has 0 bridgehead atoms. The van der Waals surface area contributed by atoms with Gasteiger partial charge in [0.2, 0.25) is 0 Å². The van der Waals surface area contributed by atoms with Crippen LogP contribution in [0, 0.1) is 0 Å². The van der Waals surface area contributed by atoms with Gasteiger partial charge in [-0.3, -0.25) is 13.9 Å². The molecule has 1 aromatic carbocycles. The van der Waals surface area contributed by atoms with Crippen molar-refractivity contribution in [3.63, 3.8) is 0 Å². The van der Waals surface area contributed by atoms with E-state index in [1.807, 2.05) is 0 Å². The van der Waals surface area contributed by atoms with Gasteiger partial charge in [-0.25, -0.2) is 14.6 Å². The second kappa shape index (κ2) is 5.55. The van der Waals surface area contributed by atoms with Gasteiger partial charge in [0.25, 0.3) is 5.56 Å². The lowest BCUT2D eigenvalue weighted by molar-refractivity contribution is 0.0534. The Bertz CT molecular complexity index is 1210. The topological polar surface area (TPSA) is 92.4 Å². The molecule has 8 heteroatoms. The fraction of sp³-hybridized carbons (Fsp3) is 0.222. The van der Waals surface area contributed by atoms with Gasteiger partial charge in [0.05, 0.1) is 23.8 Å². The molecule has 3 heterocycles. The zero-order valence-electron chi connectivity index (χ0n) is 14.4. The van der Waals surface area contributed by atoms with Gasteiger partial charge in [0.15, 0.2) is 0 Å². The van der Waals surface area contributed by atoms with Crippen molar-refractivity contribution in [2.45, 2.75) is 6.61 Å². The number of esters is 1. The molecule has 8 nitrogen and oxygen atoms in total. The molecule has 0 aliphatic carbocycles. The molecule has 2 aromatic heterocycles. The Morgan fingerprint density at radius 1 is 1.12 bits per heavy atom. The van der Waals surface area contributed by atoms with Gasteiger partial charge in [-0.2, -0.15) is 0 Å². The number of hydrogen-bond donors (Lipinski definition) is 0. The molecule has 1 aliphatic rings. The first kappa shape index (κ1) is 16.1. The van der Waals surface area contributed by atoms with Crippen molar-refractivity contribution in [3.05, 3.63) is 56.4 Å². The summed E-state index contributed by atoms with van der Waals surface area (Å²) < 4.78 is 12.7. The number of hydrogen-bond acceptors (Lipinski definition) is 6. The normalized spacial score (nSPS) is 13.0. The number of cyclic esters (lactones) is 1. The Labute approximate surface area is 147 Å². The highest BCUT2D eigenvalue weighted by Crippen LogP contribution is 2.35. The lowest BCUT2D eigenvalue weighted by atomic mass is 9.96. The predicted molar refractivity (Wildman–Crippen MR) is 93.3 cm³/mol. The van der Waals surface area contributed by atoms with E-state index in [1.54, 1.807) is 24.3 Å². The van der Waals surface area contributed by atoms with Crippen molar-refractivity contribution in [1.82, 2.24) is 14.1 Å². The summed E-state index contributed by atoms with van der Waals surface area (Å²) in [4.78, 5) is 41.9. The van der Waals surface area contributed by atoms with Gasteiger partial charge in [0, 0.05) is 19.7 Å². The summed E-state index contributed by atoms with van der Waals surface area (Å²) >= 11 is 0. The third-order valence-corrected chi connectivity index (χ3v) is 4.57. The summed E-state index contributed by atoms with van der Waals surface area (Å²) in [6.45, 7) is 0.00444. The summed E-state index contributed by atoms with van der Waals surface area (Å²) in [5.41, 5.74) is 0.885. The van der Waals surface area contributed by atoms with Crippen LogP contribution >= 0.6 is 0 Å². The summed E-state index contributed by atoms with van der Waals surface area (Å²) in [5, 5.41) is 0.195. The van der Waals surface area contributed by atoms with Gasteiger partial charge in [0.1, 0.15) is 18.0 Å². The maximum Gasteiger partial charge on any atom is 0.341 e. The lowest BCUT2D eigenvalue weighted by Crippen LogP contribution is -2.37. The van der Waals surface area contributed by atoms with E-state index in [-0.39, 0.29) is 23.2 Å². The van der Waals surface area contributed by atoms with Crippen LogP contribution in [0.3, 0.4) is 0 Å². The zero-order valence-corrected chi connectivity index (χ0v) is 14.4. The Hall–Kier alpha value is -3.42. The summed E-state index contributed by atoms with van der Waals surface area (Å²) in [5.74, 6) is 0.0392. The molecule has 0 N–H and O–H groups in total. The molecule has 0 unspecified atom stereocenters. The van der Waals surface area contributed by atoms with Crippen LogP contribution in [0.5, 0.6) is 5.75 Å². The molecular formula is C18H15N3O5. The van der Waals surface area contributed by atoms with Gasteiger partial charge in [-0.15, -0.1) is 0 Å². The number of pyridine rings is 1. The first-order chi connectivity index (χ1) is 12.4. The highest BCUT2D eigenvalue weighted by atomic mass is 16.5. The van der Waals surface area contributed by atoms with E-state index in [1.165, 1.54) is 25.8 Å². The standard InChI is InChI=1S/C18H15N3O5/c1-20-15-14(16(22)21(2)18(20)24)12(9-5-4-6-10(7-9)25-3)13-11(19-15)8-26-17(13)23/h4-7H,8H2,1-3H3. The third kappa shape index (κ3) is 2.08. The Morgan fingerprint density at radius 2 is 1.88 bits per heavy atom. The Balaban J connectivity index is 2.27. The third-order valence-electron chi connectivity index (χ3n) is 4.57. The van der Waals surface area contributed by atoms with Crippen LogP contribution in [0.4, 0.5) is 0 Å². The molecule has 0 radical (unpaired) electrons. The minimum Gasteiger partial charge on any atom is -0.497 e. The number of nitrogens with zero attached hydrogens (tertiary/aromatic N) is 3. The van der Waals surface area contributed by atoms with E-state index in [0.717, 1.165) is 4.57 Å². The van der Waals surface area contributed by atoms with E-state index < -0.39 is 17.2 Å². The maximum atomic E-state index is 12.9. The SMILES string of the molecule is COc1cccc(-c2c3c(nc4c2c(=O)n(C)c(=O)n4C)COC3=O)c1. The molecule has 0 spiro atoms. The van der Waals surface area contributed by atoms with E-state index in [9.17, 15) is 14.4 Å². The Kier molecular flexibility index (Phi) is 3.43. The average molecular weight is 353 g/mol. The lowest BCUT2D eigenvalue weighted by Gasteiger charge is -2.14. The summed E-state index contributed by atoms with van der Waals surface area (Å²) in [7, 11) is 4.46. The highest BCUT2D eigenvalue weighted by molar-refractivity contribution is 6.08. The molecule has 132 valence electrons. The van der Waals surface area contributed by atoms with Crippen LogP contribution in [-0.2, 0) is 25.4 Å². The van der Waals surface area contributed by atoms with Gasteiger partial charge >= 0.3 is 11.7 Å². The van der Waals surface area contributed by atoms with Crippen molar-refractivity contribution >= 4 is 17.0 Å². The van der Waals surface area contributed by atoms with E-state index in [4.69, 9.17) is 9.47 Å². The molecule has 3 aromatic rings. The number of ether oxygens (including phenoxy) is 2. The van der Waals surface area contributed by atoms with Gasteiger partial charge in [-0.1, -0.05) is 12.1 Å². The highest BCUT2D eigenvalue weighted by Gasteiger charge is 2.31. The number of carbonyl (C=O) groups excluding carboxylic acids is 1. The molecule has 26 heavy (non-hydrogen) atoms. The van der Waals surface area contributed by atoms with E-state index >= 15 is 0 Å². The second-order valence-corrected chi connectivity index (χ2v) is 6.02. The fourth-order valence-electron chi connectivity index (χ4n) is 3.23. The predicted octanol–water partition coefficient (Wildman–Crippen LogP) is 0.978. The average Bonchev–Trinajstić information content (AvgIpc) is 3.03. The van der Waals surface area contributed by atoms with Crippen LogP contribution in [0.25, 0.3) is 22.2 Å². The van der Waals surface area contributed by atoms with Crippen LogP contribution in [0.2, 0.25) is 0 Å². The number of aryl methyl sites for hydroxylation is 1. The number of fused-ring (bicyclic) bond motifs is 2. The van der Waals surface area contributed by atoms with Crippen molar-refractivity contribution in [1.29, 1.82) is 0 Å². The van der Waals surface area contributed by atoms with Gasteiger partial charge in [-0.05, 0) is 17.7 Å². The quantitative estimate of drug-likeness (QED) is 0.638. The molecule has 0 atom stereocenters. The smallest absolute Gasteiger partial charge is 0.341 e. The molecule has 0 saturated carbocycles. The first-order valence-electron chi connectivity index (χ1n) is 7.88. The van der Waals surface area contributed by atoms with Crippen LogP contribution in [-0.4, -0.2) is 27.2 Å². The summed E-state index contributed by atoms with van der Waals surface area (Å²) in [6, 6.07) is 7.03. The minimum atomic E-state index is -0.539. The largest absolute Gasteiger partial charge is 0.497 e. The molecular weight excluding hydrogens is 338 g/mol. The molecule has 0 amide bonds. The molecule has 0 saturated heterocycles. The molecule has 1 aliphatic heterocycles. The molecule has 4 rings (SSSR count). The monoisotopic (exact) mass is 353 g/mol. The fourth-order valence-corrected chi connectivity index (χ4v) is 3.23. The van der Waals surface area contributed by atoms with Crippen molar-refractivity contribution in [3.8, 4) is 16.9 Å².